The van der Waals surface area contributed by atoms with Gasteiger partial charge in [0.25, 0.3) is 0 Å². The molecule has 1 aromatic heterocycles. The second-order valence-corrected chi connectivity index (χ2v) is 14.6. The molecule has 4 aliphatic rings. The summed E-state index contributed by atoms with van der Waals surface area (Å²) in [5.74, 6) is 0.191. The van der Waals surface area contributed by atoms with Gasteiger partial charge in [0.05, 0.1) is 29.5 Å². The van der Waals surface area contributed by atoms with E-state index in [2.05, 4.69) is 21.2 Å². The van der Waals surface area contributed by atoms with Crippen molar-refractivity contribution >= 4 is 45.0 Å². The molecular formula is C37H42FN7O3. The summed E-state index contributed by atoms with van der Waals surface area (Å²) in [6.07, 6.45) is 0.979. The number of hydrogen-bond acceptors (Lipinski definition) is 9. The van der Waals surface area contributed by atoms with Gasteiger partial charge in [0.15, 0.2) is 11.6 Å². The van der Waals surface area contributed by atoms with Gasteiger partial charge in [-0.3, -0.25) is 0 Å². The van der Waals surface area contributed by atoms with Crippen molar-refractivity contribution in [3.63, 3.8) is 0 Å². The number of anilines is 3. The van der Waals surface area contributed by atoms with Crippen molar-refractivity contribution in [1.82, 2.24) is 14.8 Å². The molecule has 1 saturated carbocycles. The Morgan fingerprint density at radius 1 is 1.19 bits per heavy atom. The van der Waals surface area contributed by atoms with Gasteiger partial charge in [0.2, 0.25) is 0 Å². The smallest absolute Gasteiger partial charge is 0.410 e. The Balaban J connectivity index is 1.38. The highest BCUT2D eigenvalue weighted by Gasteiger charge is 2.55. The molecular weight excluding hydrogens is 609 g/mol. The number of nitrogen functional groups attached to an aromatic ring is 1. The van der Waals surface area contributed by atoms with Gasteiger partial charge in [-0.05, 0) is 87.8 Å². The maximum atomic E-state index is 17.3. The molecule has 1 aliphatic carbocycles. The highest BCUT2D eigenvalue weighted by molar-refractivity contribution is 6.06. The van der Waals surface area contributed by atoms with Crippen LogP contribution < -0.4 is 16.0 Å². The van der Waals surface area contributed by atoms with E-state index < -0.39 is 11.4 Å². The summed E-state index contributed by atoms with van der Waals surface area (Å²) in [5.41, 5.74) is 8.98. The number of benzene rings is 3. The molecule has 2 bridgehead atoms. The fourth-order valence-corrected chi connectivity index (χ4v) is 7.48. The molecule has 3 atom stereocenters. The summed E-state index contributed by atoms with van der Waals surface area (Å²) >= 11 is 0. The van der Waals surface area contributed by atoms with Crippen LogP contribution in [0.1, 0.15) is 39.2 Å². The van der Waals surface area contributed by atoms with E-state index in [4.69, 9.17) is 15.5 Å². The Labute approximate surface area is 279 Å². The number of fused-ring (bicyclic) bond motifs is 3. The number of nitriles is 1. The second kappa shape index (κ2) is 11.7. The summed E-state index contributed by atoms with van der Waals surface area (Å²) in [6.45, 7) is 7.53. The molecule has 48 heavy (non-hydrogen) atoms. The molecule has 4 aromatic rings. The molecule has 4 heterocycles. The zero-order valence-electron chi connectivity index (χ0n) is 28.0. The number of nitrogens with two attached hydrogens (primary N) is 1. The first-order valence-electron chi connectivity index (χ1n) is 16.6. The van der Waals surface area contributed by atoms with E-state index in [1.54, 1.807) is 17.0 Å². The zero-order valence-corrected chi connectivity index (χ0v) is 28.0. The first-order valence-corrected chi connectivity index (χ1v) is 16.6. The number of ether oxygens (including phenoxy) is 1. The molecule has 3 aromatic carbocycles. The molecule has 250 valence electrons. The number of nitrogens with zero attached hydrogens (tertiary/aromatic N) is 5. The van der Waals surface area contributed by atoms with Gasteiger partial charge in [-0.15, -0.1) is 0 Å². The Bertz CT molecular complexity index is 1980. The third-order valence-electron chi connectivity index (χ3n) is 10.1. The van der Waals surface area contributed by atoms with Gasteiger partial charge in [0, 0.05) is 49.0 Å². The van der Waals surface area contributed by atoms with Crippen LogP contribution in [0.3, 0.4) is 0 Å². The lowest BCUT2D eigenvalue weighted by molar-refractivity contribution is 0.0239. The monoisotopic (exact) mass is 651 g/mol. The average molecular weight is 652 g/mol. The first kappa shape index (κ1) is 31.8. The van der Waals surface area contributed by atoms with Crippen LogP contribution in [0.15, 0.2) is 42.5 Å². The van der Waals surface area contributed by atoms with E-state index >= 15 is 4.39 Å². The summed E-state index contributed by atoms with van der Waals surface area (Å²) in [7, 11) is 4.06. The van der Waals surface area contributed by atoms with Crippen LogP contribution in [-0.4, -0.2) is 83.4 Å². The van der Waals surface area contributed by atoms with Gasteiger partial charge in [-0.25, -0.2) is 14.2 Å². The van der Waals surface area contributed by atoms with E-state index in [9.17, 15) is 15.2 Å². The maximum absolute atomic E-state index is 17.3. The van der Waals surface area contributed by atoms with Gasteiger partial charge >= 0.3 is 6.09 Å². The first-order chi connectivity index (χ1) is 22.8. The van der Waals surface area contributed by atoms with Gasteiger partial charge < -0.3 is 35.6 Å². The highest BCUT2D eigenvalue weighted by atomic mass is 19.1. The number of carbonyl (C=O) groups excluding carboxylic acids is 1. The number of carbonyl (C=O) groups is 1. The molecule has 11 heteroatoms. The summed E-state index contributed by atoms with van der Waals surface area (Å²) in [6, 6.07) is 15.0. The van der Waals surface area contributed by atoms with Gasteiger partial charge in [0.1, 0.15) is 16.9 Å². The Morgan fingerprint density at radius 3 is 2.65 bits per heavy atom. The molecule has 4 fully saturated rings. The van der Waals surface area contributed by atoms with Crippen LogP contribution >= 0.6 is 0 Å². The minimum atomic E-state index is -0.606. The molecule has 3 saturated heterocycles. The number of halogens is 1. The Morgan fingerprint density at radius 2 is 1.94 bits per heavy atom. The van der Waals surface area contributed by atoms with Crippen molar-refractivity contribution in [2.45, 2.75) is 63.8 Å². The SMILES string of the molecule is CN(C)C1CN(c2nc3c(F)c(-c4cc(O)cc5ccccc45)c(CCC#N)cc3c(N[C@@H]3[C@@H]4C[C@H]3N(C(=O)OC(C)(C)C)C4)c2N)C1. The molecule has 10 nitrogen and oxygen atoms in total. The van der Waals surface area contributed by atoms with Crippen molar-refractivity contribution < 1.29 is 19.0 Å². The Hall–Kier alpha value is -4.82. The standard InChI is InChI=1S/C37H42FN7O3/c1-37(2,3)48-36(47)45-17-22-15-28(45)32(22)41-34-27-14-21(10-8-12-39)29(26-16-24(46)13-20-9-6-7-11-25(20)26)30(38)33(27)42-35(31(34)40)44-18-23(19-44)43(4)5/h6-7,9,11,13-14,16,22-23,28,32,46H,8,10,15,17-19,40H2,1-5H3,(H,41,42)/t22-,28-,32-/m1/s1. The molecule has 8 rings (SSSR count). The lowest BCUT2D eigenvalue weighted by atomic mass is 9.79. The van der Waals surface area contributed by atoms with E-state index in [0.29, 0.717) is 71.4 Å². The lowest BCUT2D eigenvalue weighted by Crippen LogP contribution is -2.58. The topological polar surface area (TPSA) is 131 Å². The number of hydrogen-bond donors (Lipinski definition) is 3. The number of aryl methyl sites for hydroxylation is 1. The third kappa shape index (κ3) is 5.38. The number of phenolic OH excluding ortho intramolecular Hbond substituents is 1. The van der Waals surface area contributed by atoms with Crippen molar-refractivity contribution in [2.75, 3.05) is 49.7 Å². The minimum Gasteiger partial charge on any atom is -0.508 e. The number of aromatic nitrogens is 1. The van der Waals surface area contributed by atoms with Crippen molar-refractivity contribution in [3.8, 4) is 22.9 Å². The lowest BCUT2D eigenvalue weighted by Gasteiger charge is -2.44. The maximum Gasteiger partial charge on any atom is 0.410 e. The van der Waals surface area contributed by atoms with E-state index in [-0.39, 0.29) is 41.8 Å². The molecule has 4 N–H and O–H groups in total. The van der Waals surface area contributed by atoms with Crippen molar-refractivity contribution in [1.29, 1.82) is 5.26 Å². The quantitative estimate of drug-likeness (QED) is 0.217. The van der Waals surface area contributed by atoms with Crippen LogP contribution in [0.4, 0.5) is 26.4 Å². The molecule has 3 aliphatic heterocycles. The van der Waals surface area contributed by atoms with Crippen molar-refractivity contribution in [2.24, 2.45) is 5.92 Å². The zero-order chi connectivity index (χ0) is 34.1. The largest absolute Gasteiger partial charge is 0.508 e. The highest BCUT2D eigenvalue weighted by Crippen LogP contribution is 2.48. The van der Waals surface area contributed by atoms with E-state index in [1.165, 1.54) is 0 Å². The number of rotatable bonds is 7. The fraction of sp³-hybridized carbons (Fsp3) is 0.432. The molecule has 0 spiro atoms. The number of phenols is 1. The third-order valence-corrected chi connectivity index (χ3v) is 10.1. The number of amides is 1. The molecule has 0 unspecified atom stereocenters. The number of likely N-dealkylation sites (N-methyl/N-ethyl adjacent to an activating group) is 1. The minimum absolute atomic E-state index is 0.0213. The number of pyridine rings is 1. The summed E-state index contributed by atoms with van der Waals surface area (Å²) in [4.78, 5) is 24.0. The van der Waals surface area contributed by atoms with Crippen LogP contribution in [0, 0.1) is 23.1 Å². The van der Waals surface area contributed by atoms with E-state index in [0.717, 1.165) is 17.2 Å². The van der Waals surface area contributed by atoms with Crippen LogP contribution in [0.5, 0.6) is 5.75 Å². The normalized spacial score (nSPS) is 20.6. The molecule has 1 amide bonds. The van der Waals surface area contributed by atoms with E-state index in [1.807, 2.05) is 65.2 Å². The summed E-state index contributed by atoms with van der Waals surface area (Å²) in [5, 5.41) is 26.0. The van der Waals surface area contributed by atoms with Crippen LogP contribution in [0.2, 0.25) is 0 Å². The predicted octanol–water partition coefficient (Wildman–Crippen LogP) is 6.11. The number of aromatic hydroxyl groups is 1. The summed E-state index contributed by atoms with van der Waals surface area (Å²) < 4.78 is 23.0. The van der Waals surface area contributed by atoms with Gasteiger partial charge in [-0.2, -0.15) is 5.26 Å². The fourth-order valence-electron chi connectivity index (χ4n) is 7.48. The number of nitrogens with one attached hydrogen (secondary N) is 1. The van der Waals surface area contributed by atoms with Gasteiger partial charge in [-0.1, -0.05) is 24.3 Å². The Kier molecular flexibility index (Phi) is 7.74. The molecule has 0 radical (unpaired) electrons. The average Bonchev–Trinajstić information content (AvgIpc) is 3.59. The van der Waals surface area contributed by atoms with Crippen molar-refractivity contribution in [3.05, 3.63) is 53.8 Å². The van der Waals surface area contributed by atoms with Crippen LogP contribution in [0.25, 0.3) is 32.8 Å². The second-order valence-electron chi connectivity index (χ2n) is 14.6. The van der Waals surface area contributed by atoms with Crippen LogP contribution in [-0.2, 0) is 11.2 Å². The predicted molar refractivity (Wildman–Crippen MR) is 187 cm³/mol.